The standard InChI is InChI=1S/C61H112BrN3O27/c1-66-6-7-70-10-11-72-14-15-74-18-19-76-22-23-78-26-27-80-30-31-82-34-35-84-38-39-86-42-43-88-46-47-90-50-51-91-49-48-89-45-44-87-41-40-85-37-36-83-33-32-81-29-28-79-25-24-77-21-20-75-17-16-73-13-12-71-9-8-69-5-4-65-54-58(63-64-65)56-92-55-57-52-59(67-2)61(62)60(53-57)68-3/h52-54H,4-51,55-56H2,1-3H3. The minimum Gasteiger partial charge on any atom is -0.495 e. The molecular formula is C61H112BrN3O27. The van der Waals surface area contributed by atoms with Crippen LogP contribution in [-0.2, 0) is 138 Å². The van der Waals surface area contributed by atoms with Crippen molar-refractivity contribution in [1.29, 1.82) is 0 Å². The Labute approximate surface area is 554 Å². The van der Waals surface area contributed by atoms with E-state index in [0.29, 0.717) is 342 Å². The van der Waals surface area contributed by atoms with Crippen LogP contribution in [-0.4, -0.2) is 347 Å². The summed E-state index contributed by atoms with van der Waals surface area (Å²) in [5.74, 6) is 1.35. The molecule has 1 aromatic heterocycles. The van der Waals surface area contributed by atoms with Gasteiger partial charge in [-0.05, 0) is 33.6 Å². The molecule has 0 fully saturated rings. The predicted molar refractivity (Wildman–Crippen MR) is 336 cm³/mol. The van der Waals surface area contributed by atoms with Gasteiger partial charge in [0, 0.05) is 7.11 Å². The van der Waals surface area contributed by atoms with Crippen LogP contribution in [0.4, 0.5) is 0 Å². The van der Waals surface area contributed by atoms with Gasteiger partial charge in [0.15, 0.2) is 0 Å². The van der Waals surface area contributed by atoms with Gasteiger partial charge in [0.25, 0.3) is 0 Å². The average Bonchev–Trinajstić information content (AvgIpc) is 1.91. The topological polar surface area (TPSA) is 280 Å². The van der Waals surface area contributed by atoms with E-state index in [1.165, 1.54) is 0 Å². The van der Waals surface area contributed by atoms with Crippen molar-refractivity contribution >= 4 is 15.9 Å². The molecule has 0 amide bonds. The second kappa shape index (κ2) is 71.2. The molecule has 1 aromatic carbocycles. The first-order valence-electron chi connectivity index (χ1n) is 31.8. The molecule has 92 heavy (non-hydrogen) atoms. The molecule has 0 atom stereocenters. The van der Waals surface area contributed by atoms with Gasteiger partial charge in [-0.3, -0.25) is 0 Å². The van der Waals surface area contributed by atoms with Crippen molar-refractivity contribution in [2.45, 2.75) is 19.8 Å². The zero-order valence-corrected chi connectivity index (χ0v) is 56.9. The summed E-state index contributed by atoms with van der Waals surface area (Å²) in [4.78, 5) is 0. The molecule has 0 saturated carbocycles. The van der Waals surface area contributed by atoms with Gasteiger partial charge in [0.1, 0.15) is 21.7 Å². The molecular weight excluding hydrogens is 1290 g/mol. The summed E-state index contributed by atoms with van der Waals surface area (Å²) in [6, 6.07) is 3.79. The van der Waals surface area contributed by atoms with E-state index in [2.05, 4.69) is 26.2 Å². The molecule has 2 aromatic rings. The molecule has 540 valence electrons. The van der Waals surface area contributed by atoms with Crippen LogP contribution in [0, 0.1) is 0 Å². The Balaban J connectivity index is 1.12. The highest BCUT2D eigenvalue weighted by Crippen LogP contribution is 2.35. The van der Waals surface area contributed by atoms with Crippen molar-refractivity contribution < 1.29 is 128 Å². The molecule has 31 heteroatoms. The van der Waals surface area contributed by atoms with Crippen molar-refractivity contribution in [3.8, 4) is 11.5 Å². The van der Waals surface area contributed by atoms with Crippen LogP contribution in [0.5, 0.6) is 11.5 Å². The van der Waals surface area contributed by atoms with Crippen LogP contribution in [0.15, 0.2) is 22.8 Å². The van der Waals surface area contributed by atoms with E-state index in [1.54, 1.807) is 26.0 Å². The van der Waals surface area contributed by atoms with Gasteiger partial charge in [-0.2, -0.15) is 0 Å². The number of halogens is 1. The fourth-order valence-electron chi connectivity index (χ4n) is 7.03. The van der Waals surface area contributed by atoms with E-state index in [4.69, 9.17) is 128 Å². The molecule has 0 unspecified atom stereocenters. The van der Waals surface area contributed by atoms with Crippen molar-refractivity contribution in [2.24, 2.45) is 0 Å². The molecule has 0 aliphatic carbocycles. The molecule has 0 spiro atoms. The minimum atomic E-state index is 0.321. The second-order valence-electron chi connectivity index (χ2n) is 18.9. The molecule has 0 bridgehead atoms. The second-order valence-corrected chi connectivity index (χ2v) is 19.7. The number of hydrogen-bond donors (Lipinski definition) is 0. The number of rotatable bonds is 78. The van der Waals surface area contributed by atoms with E-state index in [-0.39, 0.29) is 0 Å². The number of nitrogens with zero attached hydrogens (tertiary/aromatic N) is 3. The van der Waals surface area contributed by atoms with Gasteiger partial charge in [0.05, 0.1) is 351 Å². The summed E-state index contributed by atoms with van der Waals surface area (Å²) >= 11 is 3.47. The minimum absolute atomic E-state index is 0.321. The van der Waals surface area contributed by atoms with Crippen LogP contribution >= 0.6 is 15.9 Å². The molecule has 30 nitrogen and oxygen atoms in total. The largest absolute Gasteiger partial charge is 0.495 e. The summed E-state index contributed by atoms with van der Waals surface area (Å²) in [6.45, 7) is 24.4. The first-order valence-corrected chi connectivity index (χ1v) is 32.6. The highest BCUT2D eigenvalue weighted by atomic mass is 79.9. The predicted octanol–water partition coefficient (Wildman–Crippen LogP) is 2.80. The number of aromatic nitrogens is 3. The molecule has 2 rings (SSSR count). The lowest BCUT2D eigenvalue weighted by molar-refractivity contribution is -0.0319. The lowest BCUT2D eigenvalue weighted by Crippen LogP contribution is -2.16. The molecule has 0 saturated heterocycles. The molecule has 0 N–H and O–H groups in total. The van der Waals surface area contributed by atoms with Crippen molar-refractivity contribution in [3.63, 3.8) is 0 Å². The van der Waals surface area contributed by atoms with Gasteiger partial charge >= 0.3 is 0 Å². The zero-order chi connectivity index (χ0) is 65.4. The van der Waals surface area contributed by atoms with E-state index >= 15 is 0 Å². The summed E-state index contributed by atoms with van der Waals surface area (Å²) in [7, 11) is 4.86. The van der Waals surface area contributed by atoms with Gasteiger partial charge in [-0.1, -0.05) is 5.21 Å². The first kappa shape index (κ1) is 85.5. The summed E-state index contributed by atoms with van der Waals surface area (Å²) < 4.78 is 151. The monoisotopic (exact) mass is 1400 g/mol. The Hall–Kier alpha value is -2.56. The summed E-state index contributed by atoms with van der Waals surface area (Å²) in [5.41, 5.74) is 1.65. The van der Waals surface area contributed by atoms with Gasteiger partial charge in [-0.15, -0.1) is 5.10 Å². The van der Waals surface area contributed by atoms with Crippen LogP contribution in [0.25, 0.3) is 0 Å². The maximum Gasteiger partial charge on any atom is 0.137 e. The maximum absolute atomic E-state index is 5.82. The van der Waals surface area contributed by atoms with Crippen molar-refractivity contribution in [3.05, 3.63) is 34.1 Å². The molecule has 0 aliphatic heterocycles. The Morgan fingerprint density at radius 1 is 0.272 bits per heavy atom. The number of methoxy groups -OCH3 is 3. The fraction of sp³-hybridized carbons (Fsp3) is 0.869. The smallest absolute Gasteiger partial charge is 0.137 e. The van der Waals surface area contributed by atoms with Crippen LogP contribution in [0.3, 0.4) is 0 Å². The normalized spacial score (nSPS) is 11.7. The van der Waals surface area contributed by atoms with Crippen molar-refractivity contribution in [1.82, 2.24) is 15.0 Å². The first-order chi connectivity index (χ1) is 45.7. The highest BCUT2D eigenvalue weighted by molar-refractivity contribution is 9.10. The van der Waals surface area contributed by atoms with Crippen LogP contribution in [0.2, 0.25) is 0 Å². The van der Waals surface area contributed by atoms with Gasteiger partial charge in [0.2, 0.25) is 0 Å². The highest BCUT2D eigenvalue weighted by Gasteiger charge is 2.11. The molecule has 0 radical (unpaired) electrons. The van der Waals surface area contributed by atoms with Gasteiger partial charge < -0.3 is 128 Å². The zero-order valence-electron chi connectivity index (χ0n) is 55.3. The van der Waals surface area contributed by atoms with E-state index in [9.17, 15) is 0 Å². The van der Waals surface area contributed by atoms with Crippen LogP contribution in [0.1, 0.15) is 11.3 Å². The van der Waals surface area contributed by atoms with E-state index in [1.807, 2.05) is 18.3 Å². The maximum atomic E-state index is 5.82. The lowest BCUT2D eigenvalue weighted by Gasteiger charge is -2.11. The van der Waals surface area contributed by atoms with Crippen LogP contribution < -0.4 is 9.47 Å². The Morgan fingerprint density at radius 2 is 0.478 bits per heavy atom. The SMILES string of the molecule is COCCOCCOCCOCCOCCOCCOCCOCCOCCOCCOCCOCCOCCOCCOCCOCCOCCOCCOCCOCCOCCOCCOCCOCCn1cc(COCc2cc(OC)c(Br)c(OC)c2)nn1. The Morgan fingerprint density at radius 3 is 0.685 bits per heavy atom. The average molecular weight is 1400 g/mol. The Bertz CT molecular complexity index is 1770. The lowest BCUT2D eigenvalue weighted by atomic mass is 10.2. The third-order valence-electron chi connectivity index (χ3n) is 11.7. The molecule has 0 aliphatic rings. The molecule has 1 heterocycles. The van der Waals surface area contributed by atoms with E-state index < -0.39 is 0 Å². The van der Waals surface area contributed by atoms with Crippen molar-refractivity contribution in [2.75, 3.05) is 332 Å². The van der Waals surface area contributed by atoms with Gasteiger partial charge in [-0.25, -0.2) is 4.68 Å². The number of ether oxygens (including phenoxy) is 27. The third kappa shape index (κ3) is 58.8. The number of hydrogen-bond acceptors (Lipinski definition) is 29. The summed E-state index contributed by atoms with van der Waals surface area (Å²) in [6.07, 6.45) is 1.84. The quantitative estimate of drug-likeness (QED) is 0.0861. The number of benzene rings is 1. The van der Waals surface area contributed by atoms with E-state index in [0.717, 1.165) is 15.7 Å². The summed E-state index contributed by atoms with van der Waals surface area (Å²) in [5, 5.41) is 8.31. The Kier molecular flexibility index (Phi) is 66.2. The third-order valence-corrected chi connectivity index (χ3v) is 12.5. The fourth-order valence-corrected chi connectivity index (χ4v) is 7.59.